The molecule has 1 heterocycles. The third kappa shape index (κ3) is 10.5. The number of rotatable bonds is 10. The smallest absolute Gasteiger partial charge is 0.191 e. The molecule has 0 radical (unpaired) electrons. The zero-order chi connectivity index (χ0) is 14.5. The third-order valence-electron chi connectivity index (χ3n) is 2.71. The van der Waals surface area contributed by atoms with Crippen molar-refractivity contribution in [2.45, 2.75) is 33.2 Å². The fourth-order valence-electron chi connectivity index (χ4n) is 1.73. The molecule has 0 bridgehead atoms. The molecule has 0 atom stereocenters. The van der Waals surface area contributed by atoms with Gasteiger partial charge in [0.25, 0.3) is 0 Å². The van der Waals surface area contributed by atoms with Crippen LogP contribution in [0.25, 0.3) is 0 Å². The molecule has 21 heavy (non-hydrogen) atoms. The second-order valence-electron chi connectivity index (χ2n) is 4.39. The number of aliphatic imine (C=N–C) groups is 1. The van der Waals surface area contributed by atoms with Crippen molar-refractivity contribution >= 4 is 29.9 Å². The van der Waals surface area contributed by atoms with Gasteiger partial charge in [-0.05, 0) is 26.7 Å². The molecule has 0 aromatic carbocycles. The van der Waals surface area contributed by atoms with Gasteiger partial charge in [-0.15, -0.1) is 24.0 Å². The monoisotopic (exact) mass is 409 g/mol. The average molecular weight is 409 g/mol. The van der Waals surface area contributed by atoms with Crippen LogP contribution >= 0.6 is 24.0 Å². The third-order valence-corrected chi connectivity index (χ3v) is 2.71. The maximum Gasteiger partial charge on any atom is 0.191 e. The highest BCUT2D eigenvalue weighted by molar-refractivity contribution is 14.0. The van der Waals surface area contributed by atoms with E-state index in [1.54, 1.807) is 6.20 Å². The molecule has 122 valence electrons. The topological polar surface area (TPSA) is 63.5 Å². The van der Waals surface area contributed by atoms with E-state index in [1.165, 1.54) is 0 Å². The van der Waals surface area contributed by atoms with E-state index >= 15 is 0 Å². The summed E-state index contributed by atoms with van der Waals surface area (Å²) in [6.45, 7) is 9.17. The minimum Gasteiger partial charge on any atom is -0.382 e. The number of imidazole rings is 1. The fourth-order valence-corrected chi connectivity index (χ4v) is 1.73. The summed E-state index contributed by atoms with van der Waals surface area (Å²) in [5.74, 6) is 0.884. The van der Waals surface area contributed by atoms with Crippen molar-refractivity contribution in [3.05, 3.63) is 18.7 Å². The molecule has 0 aliphatic heterocycles. The summed E-state index contributed by atoms with van der Waals surface area (Å²) in [6, 6.07) is 0. The van der Waals surface area contributed by atoms with Crippen LogP contribution in [0.5, 0.6) is 0 Å². The Hall–Kier alpha value is -0.830. The molecule has 0 aliphatic rings. The van der Waals surface area contributed by atoms with Gasteiger partial charge in [-0.3, -0.25) is 4.99 Å². The quantitative estimate of drug-likeness (QED) is 0.268. The van der Waals surface area contributed by atoms with Gasteiger partial charge in [0.05, 0.1) is 6.33 Å². The molecule has 6 nitrogen and oxygen atoms in total. The summed E-state index contributed by atoms with van der Waals surface area (Å²) in [5.41, 5.74) is 0. The fraction of sp³-hybridized carbons (Fsp3) is 0.714. The summed E-state index contributed by atoms with van der Waals surface area (Å²) in [5, 5.41) is 6.56. The Labute approximate surface area is 144 Å². The maximum absolute atomic E-state index is 5.31. The molecule has 0 saturated heterocycles. The van der Waals surface area contributed by atoms with Crippen molar-refractivity contribution in [1.82, 2.24) is 20.2 Å². The van der Waals surface area contributed by atoms with E-state index in [9.17, 15) is 0 Å². The number of halogens is 1. The van der Waals surface area contributed by atoms with Crippen molar-refractivity contribution in [2.24, 2.45) is 4.99 Å². The first-order chi connectivity index (χ1) is 9.86. The lowest BCUT2D eigenvalue weighted by molar-refractivity contribution is 0.145. The van der Waals surface area contributed by atoms with Crippen LogP contribution in [0.15, 0.2) is 23.7 Å². The first-order valence-electron chi connectivity index (χ1n) is 7.42. The van der Waals surface area contributed by atoms with E-state index in [1.807, 2.05) is 19.4 Å². The van der Waals surface area contributed by atoms with Gasteiger partial charge < -0.3 is 19.9 Å². The minimum atomic E-state index is 0. The lowest BCUT2D eigenvalue weighted by atomic mass is 10.4. The highest BCUT2D eigenvalue weighted by Crippen LogP contribution is 1.91. The predicted molar refractivity (Wildman–Crippen MR) is 97.4 cm³/mol. The molecule has 0 spiro atoms. The van der Waals surface area contributed by atoms with Crippen LogP contribution in [0.1, 0.15) is 26.7 Å². The largest absolute Gasteiger partial charge is 0.382 e. The summed E-state index contributed by atoms with van der Waals surface area (Å²) < 4.78 is 7.37. The van der Waals surface area contributed by atoms with Gasteiger partial charge in [-0.2, -0.15) is 0 Å². The second kappa shape index (κ2) is 14.1. The van der Waals surface area contributed by atoms with E-state index in [2.05, 4.69) is 32.1 Å². The molecular formula is C14H28IN5O. The average Bonchev–Trinajstić information content (AvgIpc) is 2.96. The van der Waals surface area contributed by atoms with Crippen LogP contribution in [0, 0.1) is 0 Å². The summed E-state index contributed by atoms with van der Waals surface area (Å²) in [4.78, 5) is 8.57. The lowest BCUT2D eigenvalue weighted by Crippen LogP contribution is -2.38. The second-order valence-corrected chi connectivity index (χ2v) is 4.39. The van der Waals surface area contributed by atoms with E-state index in [0.717, 1.165) is 58.2 Å². The number of aromatic nitrogens is 2. The molecule has 1 rings (SSSR count). The van der Waals surface area contributed by atoms with Gasteiger partial charge in [0.2, 0.25) is 0 Å². The van der Waals surface area contributed by atoms with Crippen molar-refractivity contribution in [3.63, 3.8) is 0 Å². The van der Waals surface area contributed by atoms with Crippen LogP contribution in [0.3, 0.4) is 0 Å². The Morgan fingerprint density at radius 3 is 2.81 bits per heavy atom. The van der Waals surface area contributed by atoms with E-state index in [-0.39, 0.29) is 24.0 Å². The number of guanidine groups is 1. The van der Waals surface area contributed by atoms with Crippen molar-refractivity contribution < 1.29 is 4.74 Å². The highest BCUT2D eigenvalue weighted by atomic mass is 127. The van der Waals surface area contributed by atoms with Gasteiger partial charge in [0.15, 0.2) is 5.96 Å². The highest BCUT2D eigenvalue weighted by Gasteiger charge is 1.96. The van der Waals surface area contributed by atoms with Crippen LogP contribution in [-0.2, 0) is 11.3 Å². The van der Waals surface area contributed by atoms with E-state index in [4.69, 9.17) is 4.74 Å². The molecule has 1 aromatic heterocycles. The molecule has 7 heteroatoms. The Bertz CT molecular complexity index is 356. The first-order valence-corrected chi connectivity index (χ1v) is 7.42. The van der Waals surface area contributed by atoms with Crippen molar-refractivity contribution in [3.8, 4) is 0 Å². The summed E-state index contributed by atoms with van der Waals surface area (Å²) in [6.07, 6.45) is 7.61. The standard InChI is InChI=1S/C14H27N5O.HI/c1-3-16-14(18-8-6-12-20-4-2)17-7-5-10-19-11-9-15-13-19;/h9,11,13H,3-8,10,12H2,1-2H3,(H2,16,17,18);1H. The van der Waals surface area contributed by atoms with Crippen LogP contribution in [0.4, 0.5) is 0 Å². The molecule has 0 fully saturated rings. The molecule has 0 saturated carbocycles. The Kier molecular flexibility index (Phi) is 13.6. The Morgan fingerprint density at radius 2 is 2.14 bits per heavy atom. The van der Waals surface area contributed by atoms with Gasteiger partial charge >= 0.3 is 0 Å². The van der Waals surface area contributed by atoms with Crippen LogP contribution in [0.2, 0.25) is 0 Å². The van der Waals surface area contributed by atoms with E-state index in [0.29, 0.717) is 0 Å². The zero-order valence-electron chi connectivity index (χ0n) is 13.0. The number of hydrogen-bond acceptors (Lipinski definition) is 3. The van der Waals surface area contributed by atoms with Gasteiger partial charge in [-0.1, -0.05) is 0 Å². The summed E-state index contributed by atoms with van der Waals surface area (Å²) in [7, 11) is 0. The van der Waals surface area contributed by atoms with Gasteiger partial charge in [0, 0.05) is 51.8 Å². The molecular weight excluding hydrogens is 381 g/mol. The molecule has 0 aliphatic carbocycles. The maximum atomic E-state index is 5.31. The van der Waals surface area contributed by atoms with Crippen molar-refractivity contribution in [2.75, 3.05) is 32.8 Å². The van der Waals surface area contributed by atoms with Gasteiger partial charge in [0.1, 0.15) is 0 Å². The predicted octanol–water partition coefficient (Wildman–Crippen LogP) is 1.87. The summed E-state index contributed by atoms with van der Waals surface area (Å²) >= 11 is 0. The number of hydrogen-bond donors (Lipinski definition) is 2. The molecule has 2 N–H and O–H groups in total. The SMILES string of the molecule is CCNC(=NCCCn1ccnc1)NCCCOCC.I. The number of nitrogens with one attached hydrogen (secondary N) is 2. The lowest BCUT2D eigenvalue weighted by Gasteiger charge is -2.11. The van der Waals surface area contributed by atoms with E-state index < -0.39 is 0 Å². The van der Waals surface area contributed by atoms with Crippen molar-refractivity contribution in [1.29, 1.82) is 0 Å². The zero-order valence-corrected chi connectivity index (χ0v) is 15.4. The van der Waals surface area contributed by atoms with Crippen LogP contribution in [-0.4, -0.2) is 48.4 Å². The number of ether oxygens (including phenoxy) is 1. The molecule has 0 amide bonds. The van der Waals surface area contributed by atoms with Crippen LogP contribution < -0.4 is 10.6 Å². The molecule has 0 unspecified atom stereocenters. The number of nitrogens with zero attached hydrogens (tertiary/aromatic N) is 3. The van der Waals surface area contributed by atoms with Gasteiger partial charge in [-0.25, -0.2) is 4.98 Å². The number of aryl methyl sites for hydroxylation is 1. The normalized spacial score (nSPS) is 11.0. The Morgan fingerprint density at radius 1 is 1.29 bits per heavy atom. The minimum absolute atomic E-state index is 0. The Balaban J connectivity index is 0.00000400. The molecule has 1 aromatic rings. The first kappa shape index (κ1) is 20.2.